The molecule has 0 aliphatic carbocycles. The van der Waals surface area contributed by atoms with Gasteiger partial charge in [-0.05, 0) is 36.2 Å². The van der Waals surface area contributed by atoms with Crippen molar-refractivity contribution >= 4 is 22.4 Å². The number of hydrogen-bond donors (Lipinski definition) is 1. The number of carbonyl (C=O) groups excluding carboxylic acids is 1. The van der Waals surface area contributed by atoms with Crippen LogP contribution in [0.3, 0.4) is 0 Å². The maximum Gasteiger partial charge on any atom is 0.416 e. The highest BCUT2D eigenvalue weighted by Crippen LogP contribution is 2.29. The average molecular weight is 343 g/mol. The van der Waals surface area contributed by atoms with Gasteiger partial charge >= 0.3 is 6.18 Å². The number of nitrogens with zero attached hydrogens (tertiary/aromatic N) is 2. The summed E-state index contributed by atoms with van der Waals surface area (Å²) in [4.78, 5) is 14.0. The summed E-state index contributed by atoms with van der Waals surface area (Å²) in [7, 11) is 3.32. The molecule has 0 fully saturated rings. The first-order valence-corrected chi connectivity index (χ1v) is 7.57. The van der Waals surface area contributed by atoms with Gasteiger partial charge in [0.15, 0.2) is 0 Å². The fraction of sp³-hybridized carbons (Fsp3) is 0.333. The zero-order valence-electron chi connectivity index (χ0n) is 12.9. The van der Waals surface area contributed by atoms with Crippen molar-refractivity contribution in [1.29, 1.82) is 0 Å². The number of rotatable bonds is 4. The molecule has 1 heterocycles. The highest BCUT2D eigenvalue weighted by atomic mass is 32.1. The number of hydrogen-bond acceptors (Lipinski definition) is 4. The Hall–Kier alpha value is -2.09. The Kier molecular flexibility index (Phi) is 4.93. The average Bonchev–Trinajstić information content (AvgIpc) is 2.87. The highest BCUT2D eigenvalue weighted by molar-refractivity contribution is 7.10. The van der Waals surface area contributed by atoms with Crippen molar-refractivity contribution in [1.82, 2.24) is 9.27 Å². The molecule has 0 aliphatic heterocycles. The van der Waals surface area contributed by atoms with E-state index in [9.17, 15) is 18.0 Å². The first kappa shape index (κ1) is 17.3. The van der Waals surface area contributed by atoms with Gasteiger partial charge < -0.3 is 10.2 Å². The van der Waals surface area contributed by atoms with E-state index in [1.807, 2.05) is 0 Å². The molecule has 4 nitrogen and oxygen atoms in total. The zero-order valence-corrected chi connectivity index (χ0v) is 13.7. The molecule has 1 aromatic heterocycles. The van der Waals surface area contributed by atoms with Crippen molar-refractivity contribution in [3.63, 3.8) is 0 Å². The van der Waals surface area contributed by atoms with Gasteiger partial charge in [-0.1, -0.05) is 12.1 Å². The van der Waals surface area contributed by atoms with Crippen LogP contribution in [0, 0.1) is 6.92 Å². The lowest BCUT2D eigenvalue weighted by Gasteiger charge is -2.18. The lowest BCUT2D eigenvalue weighted by molar-refractivity contribution is -0.137. The number of nitrogens with one attached hydrogen (secondary N) is 1. The van der Waals surface area contributed by atoms with E-state index < -0.39 is 11.7 Å². The molecule has 0 radical (unpaired) electrons. The molecule has 124 valence electrons. The Balaban J connectivity index is 2.14. The molecule has 23 heavy (non-hydrogen) atoms. The van der Waals surface area contributed by atoms with Gasteiger partial charge in [0, 0.05) is 20.6 Å². The van der Waals surface area contributed by atoms with Crippen LogP contribution in [0.1, 0.15) is 27.2 Å². The Labute approximate surface area is 136 Å². The number of aromatic nitrogens is 1. The summed E-state index contributed by atoms with van der Waals surface area (Å²) in [5.74, 6) is -0.222. The minimum atomic E-state index is -4.36. The second kappa shape index (κ2) is 6.57. The molecule has 1 N–H and O–H groups in total. The fourth-order valence-electron chi connectivity index (χ4n) is 2.13. The largest absolute Gasteiger partial charge is 0.416 e. The van der Waals surface area contributed by atoms with E-state index in [-0.39, 0.29) is 12.5 Å². The van der Waals surface area contributed by atoms with Crippen LogP contribution in [0.4, 0.5) is 18.2 Å². The molecule has 1 aromatic carbocycles. The topological polar surface area (TPSA) is 45.2 Å². The minimum Gasteiger partial charge on any atom is -0.378 e. The number of benzene rings is 1. The molecule has 0 unspecified atom stereocenters. The van der Waals surface area contributed by atoms with E-state index in [1.54, 1.807) is 21.0 Å². The molecule has 1 amide bonds. The SMILES string of the molecule is CNc1snc(C)c1C(=O)N(C)Cc1ccc(C(F)(F)F)cc1. The Bertz CT molecular complexity index is 695. The number of anilines is 1. The number of amides is 1. The minimum absolute atomic E-state index is 0.218. The van der Waals surface area contributed by atoms with E-state index in [2.05, 4.69) is 9.69 Å². The lowest BCUT2D eigenvalue weighted by Crippen LogP contribution is -2.27. The van der Waals surface area contributed by atoms with E-state index in [4.69, 9.17) is 0 Å². The number of aryl methyl sites for hydroxylation is 1. The smallest absolute Gasteiger partial charge is 0.378 e. The Morgan fingerprint density at radius 2 is 1.91 bits per heavy atom. The molecule has 0 bridgehead atoms. The Morgan fingerprint density at radius 3 is 2.43 bits per heavy atom. The first-order valence-electron chi connectivity index (χ1n) is 6.79. The van der Waals surface area contributed by atoms with Gasteiger partial charge in [0.1, 0.15) is 5.00 Å². The van der Waals surface area contributed by atoms with E-state index in [0.29, 0.717) is 21.8 Å². The molecule has 0 saturated heterocycles. The van der Waals surface area contributed by atoms with Crippen LogP contribution < -0.4 is 5.32 Å². The summed E-state index contributed by atoms with van der Waals surface area (Å²) in [6.45, 7) is 1.96. The second-order valence-corrected chi connectivity index (χ2v) is 5.85. The van der Waals surface area contributed by atoms with Crippen LogP contribution in [-0.4, -0.2) is 29.3 Å². The third-order valence-corrected chi connectivity index (χ3v) is 4.31. The van der Waals surface area contributed by atoms with Crippen molar-refractivity contribution in [2.24, 2.45) is 0 Å². The quantitative estimate of drug-likeness (QED) is 0.919. The second-order valence-electron chi connectivity index (χ2n) is 5.08. The molecule has 0 spiro atoms. The number of carbonyl (C=O) groups is 1. The molecule has 0 aliphatic rings. The predicted molar refractivity (Wildman–Crippen MR) is 83.6 cm³/mol. The molecular weight excluding hydrogens is 327 g/mol. The van der Waals surface area contributed by atoms with Crippen LogP contribution in [0.5, 0.6) is 0 Å². The predicted octanol–water partition coefficient (Wildman–Crippen LogP) is 3.78. The summed E-state index contributed by atoms with van der Waals surface area (Å²) in [6, 6.07) is 4.79. The monoisotopic (exact) mass is 343 g/mol. The molecule has 2 aromatic rings. The zero-order chi connectivity index (χ0) is 17.2. The van der Waals surface area contributed by atoms with Gasteiger partial charge in [0.05, 0.1) is 16.8 Å². The molecule has 2 rings (SSSR count). The summed E-state index contributed by atoms with van der Waals surface area (Å²) in [6.07, 6.45) is -4.36. The standard InChI is InChI=1S/C15H16F3N3OS/c1-9-12(13(19-2)23-20-9)14(22)21(3)8-10-4-6-11(7-5-10)15(16,17)18/h4-7,19H,8H2,1-3H3. The lowest BCUT2D eigenvalue weighted by atomic mass is 10.1. The number of alkyl halides is 3. The summed E-state index contributed by atoms with van der Waals surface area (Å²) >= 11 is 1.20. The maximum atomic E-state index is 12.5. The highest BCUT2D eigenvalue weighted by Gasteiger charge is 2.30. The van der Waals surface area contributed by atoms with E-state index in [0.717, 1.165) is 12.1 Å². The van der Waals surface area contributed by atoms with Crippen molar-refractivity contribution in [2.75, 3.05) is 19.4 Å². The van der Waals surface area contributed by atoms with Crippen LogP contribution >= 0.6 is 11.5 Å². The van der Waals surface area contributed by atoms with Gasteiger partial charge in [-0.15, -0.1) is 0 Å². The molecule has 0 saturated carbocycles. The molecular formula is C15H16F3N3OS. The van der Waals surface area contributed by atoms with Gasteiger partial charge in [-0.2, -0.15) is 17.5 Å². The normalized spacial score (nSPS) is 11.4. The van der Waals surface area contributed by atoms with Crippen LogP contribution in [-0.2, 0) is 12.7 Å². The van der Waals surface area contributed by atoms with Crippen molar-refractivity contribution < 1.29 is 18.0 Å². The molecule has 0 atom stereocenters. The fourth-order valence-corrected chi connectivity index (χ4v) is 2.86. The van der Waals surface area contributed by atoms with Crippen LogP contribution in [0.25, 0.3) is 0 Å². The van der Waals surface area contributed by atoms with Crippen molar-refractivity contribution in [3.8, 4) is 0 Å². The van der Waals surface area contributed by atoms with Gasteiger partial charge in [0.25, 0.3) is 5.91 Å². The van der Waals surface area contributed by atoms with Gasteiger partial charge in [0.2, 0.25) is 0 Å². The number of halogens is 3. The Morgan fingerprint density at radius 1 is 1.30 bits per heavy atom. The van der Waals surface area contributed by atoms with Crippen molar-refractivity contribution in [3.05, 3.63) is 46.6 Å². The van der Waals surface area contributed by atoms with E-state index >= 15 is 0 Å². The van der Waals surface area contributed by atoms with Crippen LogP contribution in [0.15, 0.2) is 24.3 Å². The van der Waals surface area contributed by atoms with E-state index in [1.165, 1.54) is 28.6 Å². The van der Waals surface area contributed by atoms with Crippen molar-refractivity contribution in [2.45, 2.75) is 19.6 Å². The summed E-state index contributed by atoms with van der Waals surface area (Å²) in [5, 5.41) is 3.60. The molecule has 8 heteroatoms. The summed E-state index contributed by atoms with van der Waals surface area (Å²) < 4.78 is 41.8. The van der Waals surface area contributed by atoms with Gasteiger partial charge in [-0.3, -0.25) is 4.79 Å². The van der Waals surface area contributed by atoms with Crippen LogP contribution in [0.2, 0.25) is 0 Å². The third kappa shape index (κ3) is 3.82. The third-order valence-electron chi connectivity index (χ3n) is 3.35. The maximum absolute atomic E-state index is 12.5. The first-order chi connectivity index (χ1) is 10.7. The van der Waals surface area contributed by atoms with Gasteiger partial charge in [-0.25, -0.2) is 0 Å². The summed E-state index contributed by atoms with van der Waals surface area (Å²) in [5.41, 5.74) is 1.04.